The fourth-order valence-corrected chi connectivity index (χ4v) is 2.15. The highest BCUT2D eigenvalue weighted by atomic mass is 16.3. The summed E-state index contributed by atoms with van der Waals surface area (Å²) >= 11 is 0. The van der Waals surface area contributed by atoms with Crippen LogP contribution in [-0.2, 0) is 13.2 Å². The van der Waals surface area contributed by atoms with Gasteiger partial charge in [-0.2, -0.15) is 0 Å². The van der Waals surface area contributed by atoms with Gasteiger partial charge in [-0.3, -0.25) is 0 Å². The van der Waals surface area contributed by atoms with Crippen LogP contribution in [0, 0.1) is 0 Å². The summed E-state index contributed by atoms with van der Waals surface area (Å²) < 4.78 is 1.86. The zero-order valence-corrected chi connectivity index (χ0v) is 9.82. The van der Waals surface area contributed by atoms with Crippen molar-refractivity contribution in [3.05, 3.63) is 60.2 Å². The minimum atomic E-state index is -0.0925. The van der Waals surface area contributed by atoms with Gasteiger partial charge in [0.1, 0.15) is 12.9 Å². The van der Waals surface area contributed by atoms with Gasteiger partial charge < -0.3 is 9.67 Å². The topological polar surface area (TPSA) is 50.9 Å². The lowest BCUT2D eigenvalue weighted by Gasteiger charge is -2.08. The molecular formula is C14H13N3O. The van der Waals surface area contributed by atoms with Crippen LogP contribution in [-0.4, -0.2) is 19.9 Å². The Morgan fingerprint density at radius 3 is 2.78 bits per heavy atom. The lowest BCUT2D eigenvalue weighted by molar-refractivity contribution is 0.265. The molecule has 0 fully saturated rings. The standard InChI is InChI=1S/C14H13N3O/c18-9-14-16-15-10-17(14)8-12-6-3-5-11-4-1-2-7-13(11)12/h1-7,10,18H,8-9H2. The Hall–Kier alpha value is -2.20. The van der Waals surface area contributed by atoms with Crippen LogP contribution < -0.4 is 0 Å². The van der Waals surface area contributed by atoms with E-state index in [0.717, 1.165) is 0 Å². The van der Waals surface area contributed by atoms with E-state index in [4.69, 9.17) is 0 Å². The van der Waals surface area contributed by atoms with Gasteiger partial charge in [-0.1, -0.05) is 42.5 Å². The largest absolute Gasteiger partial charge is 0.388 e. The van der Waals surface area contributed by atoms with E-state index in [1.807, 2.05) is 22.8 Å². The van der Waals surface area contributed by atoms with Gasteiger partial charge in [0.25, 0.3) is 0 Å². The highest BCUT2D eigenvalue weighted by molar-refractivity contribution is 5.85. The number of fused-ring (bicyclic) bond motifs is 1. The predicted octanol–water partition coefficient (Wildman–Crippen LogP) is 1.97. The third kappa shape index (κ3) is 1.87. The first kappa shape index (κ1) is 10.9. The van der Waals surface area contributed by atoms with Crippen molar-refractivity contribution < 1.29 is 5.11 Å². The van der Waals surface area contributed by atoms with Crippen LogP contribution in [0.1, 0.15) is 11.4 Å². The molecule has 0 aliphatic heterocycles. The molecular weight excluding hydrogens is 226 g/mol. The van der Waals surface area contributed by atoms with Crippen molar-refractivity contribution >= 4 is 10.8 Å². The van der Waals surface area contributed by atoms with Gasteiger partial charge >= 0.3 is 0 Å². The summed E-state index contributed by atoms with van der Waals surface area (Å²) in [7, 11) is 0. The van der Waals surface area contributed by atoms with Gasteiger partial charge in [0, 0.05) is 0 Å². The maximum absolute atomic E-state index is 9.18. The fraction of sp³-hybridized carbons (Fsp3) is 0.143. The van der Waals surface area contributed by atoms with Crippen molar-refractivity contribution in [1.29, 1.82) is 0 Å². The molecule has 0 aliphatic rings. The molecule has 18 heavy (non-hydrogen) atoms. The normalized spacial score (nSPS) is 10.9. The second-order valence-electron chi connectivity index (χ2n) is 4.17. The molecule has 4 nitrogen and oxygen atoms in total. The second kappa shape index (κ2) is 4.58. The highest BCUT2D eigenvalue weighted by Gasteiger charge is 2.05. The van der Waals surface area contributed by atoms with E-state index in [1.165, 1.54) is 16.3 Å². The minimum Gasteiger partial charge on any atom is -0.388 e. The molecule has 3 rings (SSSR count). The van der Waals surface area contributed by atoms with E-state index in [9.17, 15) is 5.11 Å². The van der Waals surface area contributed by atoms with Crippen LogP contribution in [0.3, 0.4) is 0 Å². The number of hydrogen-bond donors (Lipinski definition) is 1. The average Bonchev–Trinajstić information content (AvgIpc) is 2.86. The first-order valence-electron chi connectivity index (χ1n) is 5.82. The quantitative estimate of drug-likeness (QED) is 0.760. The Morgan fingerprint density at radius 2 is 1.89 bits per heavy atom. The maximum atomic E-state index is 9.18. The Labute approximate surface area is 105 Å². The van der Waals surface area contributed by atoms with Crippen LogP contribution >= 0.6 is 0 Å². The molecule has 3 aromatic rings. The zero-order valence-electron chi connectivity index (χ0n) is 9.82. The number of nitrogens with zero attached hydrogens (tertiary/aromatic N) is 3. The molecule has 90 valence electrons. The van der Waals surface area contributed by atoms with Crippen molar-refractivity contribution in [2.45, 2.75) is 13.2 Å². The smallest absolute Gasteiger partial charge is 0.158 e. The Bertz CT molecular complexity index is 670. The maximum Gasteiger partial charge on any atom is 0.158 e. The number of aliphatic hydroxyl groups excluding tert-OH is 1. The number of aliphatic hydroxyl groups is 1. The zero-order chi connectivity index (χ0) is 12.4. The van der Waals surface area contributed by atoms with Crippen LogP contribution in [0.4, 0.5) is 0 Å². The molecule has 1 aromatic heterocycles. The van der Waals surface area contributed by atoms with E-state index >= 15 is 0 Å². The van der Waals surface area contributed by atoms with Crippen molar-refractivity contribution in [3.63, 3.8) is 0 Å². The highest BCUT2D eigenvalue weighted by Crippen LogP contribution is 2.19. The van der Waals surface area contributed by atoms with Crippen molar-refractivity contribution in [2.24, 2.45) is 0 Å². The van der Waals surface area contributed by atoms with Crippen molar-refractivity contribution in [3.8, 4) is 0 Å². The van der Waals surface area contributed by atoms with Crippen LogP contribution in [0.5, 0.6) is 0 Å². The summed E-state index contributed by atoms with van der Waals surface area (Å²) in [6, 6.07) is 14.5. The minimum absolute atomic E-state index is 0.0925. The molecule has 1 N–H and O–H groups in total. The van der Waals surface area contributed by atoms with Gasteiger partial charge in [-0.25, -0.2) is 0 Å². The Balaban J connectivity index is 2.05. The molecule has 4 heteroatoms. The molecule has 0 saturated heterocycles. The van der Waals surface area contributed by atoms with E-state index in [0.29, 0.717) is 12.4 Å². The summed E-state index contributed by atoms with van der Waals surface area (Å²) in [5, 5.41) is 19.3. The van der Waals surface area contributed by atoms with Gasteiger partial charge in [0.15, 0.2) is 5.82 Å². The molecule has 0 atom stereocenters. The van der Waals surface area contributed by atoms with Gasteiger partial charge in [0.05, 0.1) is 6.54 Å². The SMILES string of the molecule is OCc1nncn1Cc1cccc2ccccc12. The Kier molecular flexibility index (Phi) is 2.78. The van der Waals surface area contributed by atoms with E-state index in [-0.39, 0.29) is 6.61 Å². The van der Waals surface area contributed by atoms with E-state index in [2.05, 4.69) is 34.5 Å². The monoisotopic (exact) mass is 239 g/mol. The molecule has 2 aromatic carbocycles. The van der Waals surface area contributed by atoms with Crippen molar-refractivity contribution in [1.82, 2.24) is 14.8 Å². The average molecular weight is 239 g/mol. The van der Waals surface area contributed by atoms with Crippen LogP contribution in [0.25, 0.3) is 10.8 Å². The summed E-state index contributed by atoms with van der Waals surface area (Å²) in [5.41, 5.74) is 1.20. The molecule has 1 heterocycles. The van der Waals surface area contributed by atoms with Gasteiger partial charge in [-0.15, -0.1) is 10.2 Å². The van der Waals surface area contributed by atoms with Crippen LogP contribution in [0.15, 0.2) is 48.8 Å². The molecule has 0 amide bonds. The van der Waals surface area contributed by atoms with Crippen molar-refractivity contribution in [2.75, 3.05) is 0 Å². The van der Waals surface area contributed by atoms with E-state index < -0.39 is 0 Å². The number of rotatable bonds is 3. The molecule has 0 radical (unpaired) electrons. The predicted molar refractivity (Wildman–Crippen MR) is 69.0 cm³/mol. The molecule has 0 saturated carbocycles. The summed E-state index contributed by atoms with van der Waals surface area (Å²) in [5.74, 6) is 0.586. The lowest BCUT2D eigenvalue weighted by atomic mass is 10.0. The third-order valence-corrected chi connectivity index (χ3v) is 3.06. The Morgan fingerprint density at radius 1 is 1.06 bits per heavy atom. The molecule has 0 spiro atoms. The fourth-order valence-electron chi connectivity index (χ4n) is 2.15. The molecule has 0 bridgehead atoms. The summed E-state index contributed by atoms with van der Waals surface area (Å²) in [6.45, 7) is 0.578. The molecule has 0 aliphatic carbocycles. The number of aromatic nitrogens is 3. The number of benzene rings is 2. The van der Waals surface area contributed by atoms with Gasteiger partial charge in [0.2, 0.25) is 0 Å². The summed E-state index contributed by atoms with van der Waals surface area (Å²) in [6.07, 6.45) is 1.65. The number of hydrogen-bond acceptors (Lipinski definition) is 3. The van der Waals surface area contributed by atoms with Crippen LogP contribution in [0.2, 0.25) is 0 Å². The first-order valence-corrected chi connectivity index (χ1v) is 5.82. The third-order valence-electron chi connectivity index (χ3n) is 3.06. The lowest BCUT2D eigenvalue weighted by Crippen LogP contribution is -2.04. The first-order chi connectivity index (χ1) is 8.88. The summed E-state index contributed by atoms with van der Waals surface area (Å²) in [4.78, 5) is 0. The van der Waals surface area contributed by atoms with E-state index in [1.54, 1.807) is 6.33 Å². The second-order valence-corrected chi connectivity index (χ2v) is 4.17. The van der Waals surface area contributed by atoms with Gasteiger partial charge in [-0.05, 0) is 16.3 Å². The molecule has 0 unspecified atom stereocenters.